The van der Waals surface area contributed by atoms with Gasteiger partial charge in [-0.1, -0.05) is 41.7 Å². The van der Waals surface area contributed by atoms with Gasteiger partial charge in [0.05, 0.1) is 11.5 Å². The lowest BCUT2D eigenvalue weighted by atomic mass is 10.0. The molecular formula is C20H16N2O7S2. The van der Waals surface area contributed by atoms with Gasteiger partial charge in [0.25, 0.3) is 5.91 Å². The highest BCUT2D eigenvalue weighted by atomic mass is 32.1. The van der Waals surface area contributed by atoms with Gasteiger partial charge < -0.3 is 14.8 Å². The maximum Gasteiger partial charge on any atom is 0.349 e. The number of benzene rings is 1. The number of carbonyl (C=O) groups is 3. The molecular weight excluding hydrogens is 444 g/mol. The van der Waals surface area contributed by atoms with Crippen molar-refractivity contribution < 1.29 is 28.8 Å². The van der Waals surface area contributed by atoms with E-state index in [0.717, 1.165) is 16.9 Å². The maximum absolute atomic E-state index is 12.5. The summed E-state index contributed by atoms with van der Waals surface area (Å²) in [5.41, 5.74) is 1.61. The van der Waals surface area contributed by atoms with Gasteiger partial charge in [-0.2, -0.15) is 0 Å². The summed E-state index contributed by atoms with van der Waals surface area (Å²) in [7, 11) is 0. The topological polar surface area (TPSA) is 125 Å². The van der Waals surface area contributed by atoms with Gasteiger partial charge >= 0.3 is 16.9 Å². The monoisotopic (exact) mass is 460 g/mol. The largest absolute Gasteiger partial charge is 0.462 e. The lowest BCUT2D eigenvalue weighted by Gasteiger charge is -2.09. The molecule has 3 rings (SSSR count). The molecule has 3 aromatic rings. The number of carbonyl (C=O) groups excluding carboxylic acids is 3. The van der Waals surface area contributed by atoms with Crippen LogP contribution < -0.4 is 5.32 Å². The number of rotatable bonds is 8. The highest BCUT2D eigenvalue weighted by molar-refractivity contribution is 7.17. The molecule has 9 nitrogen and oxygen atoms in total. The van der Waals surface area contributed by atoms with E-state index < -0.39 is 29.4 Å². The first kappa shape index (κ1) is 22.1. The third-order valence-electron chi connectivity index (χ3n) is 3.92. The molecule has 2 heterocycles. The number of nitrogens with one attached hydrogen (secondary N) is 1. The number of anilines is 1. The molecule has 1 aromatic carbocycles. The first-order valence-corrected chi connectivity index (χ1v) is 10.7. The number of esters is 2. The van der Waals surface area contributed by atoms with E-state index in [9.17, 15) is 24.5 Å². The minimum Gasteiger partial charge on any atom is -0.462 e. The van der Waals surface area contributed by atoms with Crippen LogP contribution in [0.3, 0.4) is 0 Å². The van der Waals surface area contributed by atoms with E-state index >= 15 is 0 Å². The second-order valence-electron chi connectivity index (χ2n) is 5.96. The summed E-state index contributed by atoms with van der Waals surface area (Å²) < 4.78 is 10.0. The SMILES string of the molecule is CCOC(=O)c1c(-c2ccccc2)csc1NC(=O)COC(=O)c1ccc([N+](=O)[O-])s1. The number of nitro groups is 1. The molecule has 0 aliphatic carbocycles. The second kappa shape index (κ2) is 9.96. The fourth-order valence-corrected chi connectivity index (χ4v) is 4.27. The molecule has 0 fully saturated rings. The number of amides is 1. The average molecular weight is 460 g/mol. The van der Waals surface area contributed by atoms with Gasteiger partial charge in [0, 0.05) is 17.0 Å². The Bertz CT molecular complexity index is 1120. The molecule has 0 aliphatic heterocycles. The summed E-state index contributed by atoms with van der Waals surface area (Å²) in [5, 5.41) is 15.1. The Morgan fingerprint density at radius 1 is 1.06 bits per heavy atom. The summed E-state index contributed by atoms with van der Waals surface area (Å²) in [4.78, 5) is 46.9. The van der Waals surface area contributed by atoms with E-state index in [1.54, 1.807) is 12.3 Å². The van der Waals surface area contributed by atoms with Gasteiger partial charge in [-0.15, -0.1) is 11.3 Å². The third-order valence-corrected chi connectivity index (χ3v) is 5.83. The molecule has 160 valence electrons. The van der Waals surface area contributed by atoms with Crippen LogP contribution in [0.1, 0.15) is 27.0 Å². The van der Waals surface area contributed by atoms with Gasteiger partial charge in [0.2, 0.25) is 0 Å². The zero-order valence-corrected chi connectivity index (χ0v) is 17.8. The van der Waals surface area contributed by atoms with Crippen LogP contribution in [0.5, 0.6) is 0 Å². The van der Waals surface area contributed by atoms with Crippen molar-refractivity contribution in [2.24, 2.45) is 0 Å². The lowest BCUT2D eigenvalue weighted by Crippen LogP contribution is -2.21. The van der Waals surface area contributed by atoms with Gasteiger partial charge in [-0.05, 0) is 18.6 Å². The summed E-state index contributed by atoms with van der Waals surface area (Å²) in [5.74, 6) is -2.10. The molecule has 0 spiro atoms. The molecule has 11 heteroatoms. The van der Waals surface area contributed by atoms with Gasteiger partial charge in [0.1, 0.15) is 15.4 Å². The van der Waals surface area contributed by atoms with Crippen LogP contribution in [-0.4, -0.2) is 36.0 Å². The molecule has 31 heavy (non-hydrogen) atoms. The molecule has 0 bridgehead atoms. The van der Waals surface area contributed by atoms with Crippen LogP contribution in [0.2, 0.25) is 0 Å². The van der Waals surface area contributed by atoms with Crippen molar-refractivity contribution >= 4 is 50.5 Å². The molecule has 0 saturated carbocycles. The van der Waals surface area contributed by atoms with Crippen molar-refractivity contribution in [1.29, 1.82) is 0 Å². The summed E-state index contributed by atoms with van der Waals surface area (Å²) >= 11 is 1.80. The second-order valence-corrected chi connectivity index (χ2v) is 7.90. The highest BCUT2D eigenvalue weighted by Gasteiger charge is 2.23. The summed E-state index contributed by atoms with van der Waals surface area (Å²) in [6.45, 7) is 1.23. The van der Waals surface area contributed by atoms with Gasteiger partial charge in [-0.25, -0.2) is 9.59 Å². The normalized spacial score (nSPS) is 10.4. The predicted octanol–water partition coefficient (Wildman–Crippen LogP) is 4.36. The number of nitrogens with zero attached hydrogens (tertiary/aromatic N) is 1. The molecule has 1 amide bonds. The van der Waals surface area contributed by atoms with E-state index in [1.165, 1.54) is 12.1 Å². The minimum absolute atomic E-state index is 0.00852. The summed E-state index contributed by atoms with van der Waals surface area (Å²) in [6.07, 6.45) is 0. The Morgan fingerprint density at radius 3 is 2.45 bits per heavy atom. The Kier molecular flexibility index (Phi) is 7.11. The van der Waals surface area contributed by atoms with Gasteiger partial charge in [0.15, 0.2) is 6.61 Å². The van der Waals surface area contributed by atoms with E-state index in [0.29, 0.717) is 16.9 Å². The molecule has 0 unspecified atom stereocenters. The Balaban J connectivity index is 1.71. The zero-order chi connectivity index (χ0) is 22.4. The van der Waals surface area contributed by atoms with Crippen LogP contribution in [0.25, 0.3) is 11.1 Å². The predicted molar refractivity (Wildman–Crippen MR) is 116 cm³/mol. The first-order chi connectivity index (χ1) is 14.9. The van der Waals surface area contributed by atoms with Crippen molar-refractivity contribution in [3.05, 3.63) is 68.4 Å². The number of thiophene rings is 2. The molecule has 2 aromatic heterocycles. The van der Waals surface area contributed by atoms with Crippen molar-refractivity contribution in [2.75, 3.05) is 18.5 Å². The van der Waals surface area contributed by atoms with E-state index in [2.05, 4.69) is 5.32 Å². The van der Waals surface area contributed by atoms with E-state index in [4.69, 9.17) is 9.47 Å². The molecule has 0 saturated heterocycles. The summed E-state index contributed by atoms with van der Waals surface area (Å²) in [6, 6.07) is 11.6. The first-order valence-electron chi connectivity index (χ1n) is 8.96. The van der Waals surface area contributed by atoms with Crippen molar-refractivity contribution in [1.82, 2.24) is 0 Å². The van der Waals surface area contributed by atoms with Crippen LogP contribution in [0.4, 0.5) is 10.0 Å². The molecule has 0 radical (unpaired) electrons. The van der Waals surface area contributed by atoms with Crippen LogP contribution in [0.15, 0.2) is 47.8 Å². The third kappa shape index (κ3) is 5.32. The molecule has 0 atom stereocenters. The van der Waals surface area contributed by atoms with Crippen LogP contribution >= 0.6 is 22.7 Å². The number of ether oxygens (including phenoxy) is 2. The fraction of sp³-hybridized carbons (Fsp3) is 0.150. The number of hydrogen-bond donors (Lipinski definition) is 1. The van der Waals surface area contributed by atoms with Crippen molar-refractivity contribution in [3.8, 4) is 11.1 Å². The van der Waals surface area contributed by atoms with E-state index in [1.807, 2.05) is 30.3 Å². The molecule has 0 aliphatic rings. The zero-order valence-electron chi connectivity index (χ0n) is 16.2. The highest BCUT2D eigenvalue weighted by Crippen LogP contribution is 2.36. The standard InChI is InChI=1S/C20H16N2O7S2/c1-2-28-20(25)17-13(12-6-4-3-5-7-12)11-30-18(17)21-15(23)10-29-19(24)14-8-9-16(31-14)22(26)27/h3-9,11H,2,10H2,1H3,(H,21,23). The molecule has 1 N–H and O–H groups in total. The van der Waals surface area contributed by atoms with E-state index in [-0.39, 0.29) is 27.0 Å². The maximum atomic E-state index is 12.5. The fourth-order valence-electron chi connectivity index (χ4n) is 2.59. The van der Waals surface area contributed by atoms with Crippen LogP contribution in [0, 0.1) is 10.1 Å². The minimum atomic E-state index is -0.852. The average Bonchev–Trinajstić information content (AvgIpc) is 3.41. The number of hydrogen-bond acceptors (Lipinski definition) is 9. The quantitative estimate of drug-likeness (QED) is 0.301. The Hall–Kier alpha value is -3.57. The smallest absolute Gasteiger partial charge is 0.349 e. The Labute approximate surface area is 184 Å². The van der Waals surface area contributed by atoms with Crippen molar-refractivity contribution in [3.63, 3.8) is 0 Å². The van der Waals surface area contributed by atoms with Gasteiger partial charge in [-0.3, -0.25) is 14.9 Å². The Morgan fingerprint density at radius 2 is 1.81 bits per heavy atom. The lowest BCUT2D eigenvalue weighted by molar-refractivity contribution is -0.380. The van der Waals surface area contributed by atoms with Crippen molar-refractivity contribution in [2.45, 2.75) is 6.92 Å². The van der Waals surface area contributed by atoms with Crippen LogP contribution in [-0.2, 0) is 14.3 Å².